The minimum Gasteiger partial charge on any atom is -0.0821 e. The Labute approximate surface area is 76.7 Å². The lowest BCUT2D eigenvalue weighted by Gasteiger charge is -2.04. The van der Waals surface area contributed by atoms with Crippen LogP contribution in [0, 0.1) is 0 Å². The van der Waals surface area contributed by atoms with Gasteiger partial charge in [-0.2, -0.15) is 0 Å². The van der Waals surface area contributed by atoms with Gasteiger partial charge >= 0.3 is 0 Å². The van der Waals surface area contributed by atoms with Crippen molar-refractivity contribution in [2.24, 2.45) is 0 Å². The molecule has 0 aromatic heterocycles. The first-order valence-electron chi connectivity index (χ1n) is 2.47. The summed E-state index contributed by atoms with van der Waals surface area (Å²) in [5.74, 6) is 0. The van der Waals surface area contributed by atoms with E-state index < -0.39 is 0 Å². The molecule has 0 N–H and O–H groups in total. The zero-order chi connectivity index (χ0) is 5.98. The Balaban J connectivity index is 2.63. The van der Waals surface area contributed by atoms with Crippen LogP contribution in [0.2, 0.25) is 0 Å². The van der Waals surface area contributed by atoms with Crippen molar-refractivity contribution in [3.05, 3.63) is 21.8 Å². The van der Waals surface area contributed by atoms with E-state index in [0.717, 1.165) is 3.92 Å². The number of allylic oxidation sites excluding steroid dienone is 4. The van der Waals surface area contributed by atoms with Crippen LogP contribution in [0.4, 0.5) is 0 Å². The number of rotatable bonds is 0. The van der Waals surface area contributed by atoms with Gasteiger partial charge in [-0.15, -0.1) is 0 Å². The van der Waals surface area contributed by atoms with E-state index in [2.05, 4.69) is 63.4 Å². The molecule has 0 saturated heterocycles. The zero-order valence-electron chi connectivity index (χ0n) is 4.27. The van der Waals surface area contributed by atoms with Gasteiger partial charge in [0.2, 0.25) is 0 Å². The van der Waals surface area contributed by atoms with Crippen LogP contribution in [0.15, 0.2) is 21.8 Å². The van der Waals surface area contributed by atoms with Crippen molar-refractivity contribution in [1.82, 2.24) is 0 Å². The van der Waals surface area contributed by atoms with Crippen LogP contribution >= 0.6 is 45.2 Å². The molecule has 0 nitrogen and oxygen atoms in total. The maximum Gasteiger partial charge on any atom is 0.0337 e. The second-order valence-electron chi connectivity index (χ2n) is 1.71. The zero-order valence-corrected chi connectivity index (χ0v) is 8.59. The van der Waals surface area contributed by atoms with Gasteiger partial charge in [0.15, 0.2) is 0 Å². The highest BCUT2D eigenvalue weighted by Gasteiger charge is 2.01. The Bertz CT molecular complexity index is 135. The van der Waals surface area contributed by atoms with Crippen molar-refractivity contribution in [1.29, 1.82) is 0 Å². The average Bonchev–Trinajstić information content (AvgIpc) is 1.64. The van der Waals surface area contributed by atoms with Gasteiger partial charge in [-0.25, -0.2) is 0 Å². The number of hydrogen-bond donors (Lipinski definition) is 0. The molecular formula is C6H6I2. The second-order valence-corrected chi connectivity index (χ2v) is 4.55. The molecule has 0 aliphatic heterocycles. The van der Waals surface area contributed by atoms with Gasteiger partial charge in [0.25, 0.3) is 0 Å². The Morgan fingerprint density at radius 2 is 2.38 bits per heavy atom. The van der Waals surface area contributed by atoms with E-state index in [1.165, 1.54) is 10.0 Å². The molecule has 0 bridgehead atoms. The molecule has 0 radical (unpaired) electrons. The third-order valence-electron chi connectivity index (χ3n) is 0.978. The van der Waals surface area contributed by atoms with Crippen molar-refractivity contribution >= 4 is 45.2 Å². The van der Waals surface area contributed by atoms with Crippen molar-refractivity contribution in [2.45, 2.75) is 10.3 Å². The van der Waals surface area contributed by atoms with E-state index in [-0.39, 0.29) is 0 Å². The summed E-state index contributed by atoms with van der Waals surface area (Å²) in [7, 11) is 0. The molecule has 0 fully saturated rings. The van der Waals surface area contributed by atoms with E-state index in [4.69, 9.17) is 0 Å². The Morgan fingerprint density at radius 1 is 1.62 bits per heavy atom. The molecule has 8 heavy (non-hydrogen) atoms. The van der Waals surface area contributed by atoms with Crippen LogP contribution in [-0.4, -0.2) is 3.92 Å². The van der Waals surface area contributed by atoms with Crippen molar-refractivity contribution in [3.8, 4) is 0 Å². The normalized spacial score (nSPS) is 27.8. The largest absolute Gasteiger partial charge is 0.0821 e. The first-order valence-corrected chi connectivity index (χ1v) is 4.79. The Hall–Kier alpha value is 0.940. The molecule has 0 aromatic rings. The van der Waals surface area contributed by atoms with Gasteiger partial charge in [0.1, 0.15) is 0 Å². The quantitative estimate of drug-likeness (QED) is 0.473. The van der Waals surface area contributed by atoms with Gasteiger partial charge in [-0.05, 0) is 29.0 Å². The third kappa shape index (κ3) is 2.05. The number of alkyl halides is 1. The fraction of sp³-hybridized carbons (Fsp3) is 0.333. The first kappa shape index (κ1) is 7.05. The lowest BCUT2D eigenvalue weighted by atomic mass is 10.2. The van der Waals surface area contributed by atoms with Crippen molar-refractivity contribution < 1.29 is 0 Å². The molecule has 2 heteroatoms. The average molecular weight is 332 g/mol. The van der Waals surface area contributed by atoms with Crippen molar-refractivity contribution in [3.63, 3.8) is 0 Å². The van der Waals surface area contributed by atoms with Crippen LogP contribution in [-0.2, 0) is 0 Å². The summed E-state index contributed by atoms with van der Waals surface area (Å²) in [6, 6.07) is 0. The Kier molecular flexibility index (Phi) is 2.82. The molecule has 1 unspecified atom stereocenters. The van der Waals surface area contributed by atoms with E-state index in [1.54, 1.807) is 0 Å². The van der Waals surface area contributed by atoms with Crippen LogP contribution in [0.1, 0.15) is 6.42 Å². The standard InChI is InChI=1S/C6H6I2/c7-5-2-1-3-6(8)4-5/h1-2,4,6H,3H2. The molecule has 1 aliphatic carbocycles. The van der Waals surface area contributed by atoms with E-state index in [0.29, 0.717) is 0 Å². The Morgan fingerprint density at radius 3 is 2.75 bits per heavy atom. The predicted molar refractivity (Wildman–Crippen MR) is 53.7 cm³/mol. The first-order chi connectivity index (χ1) is 3.79. The molecule has 0 aromatic carbocycles. The maximum atomic E-state index is 2.44. The highest BCUT2D eigenvalue weighted by atomic mass is 127. The monoisotopic (exact) mass is 332 g/mol. The van der Waals surface area contributed by atoms with Gasteiger partial charge in [0.05, 0.1) is 0 Å². The topological polar surface area (TPSA) is 0 Å². The molecule has 1 atom stereocenters. The smallest absolute Gasteiger partial charge is 0.0337 e. The van der Waals surface area contributed by atoms with E-state index in [1.807, 2.05) is 0 Å². The minimum absolute atomic E-state index is 0.726. The second kappa shape index (κ2) is 3.20. The molecular weight excluding hydrogens is 326 g/mol. The summed E-state index contributed by atoms with van der Waals surface area (Å²) in [5, 5.41) is 0. The van der Waals surface area contributed by atoms with Gasteiger partial charge in [-0.3, -0.25) is 0 Å². The van der Waals surface area contributed by atoms with Crippen LogP contribution in [0.3, 0.4) is 0 Å². The lowest BCUT2D eigenvalue weighted by Crippen LogP contribution is -1.93. The fourth-order valence-electron chi connectivity index (χ4n) is 0.607. The summed E-state index contributed by atoms with van der Waals surface area (Å²) in [6.45, 7) is 0. The summed E-state index contributed by atoms with van der Waals surface area (Å²) < 4.78 is 2.10. The number of halogens is 2. The van der Waals surface area contributed by atoms with Gasteiger partial charge in [0, 0.05) is 7.50 Å². The highest BCUT2D eigenvalue weighted by Crippen LogP contribution is 2.20. The third-order valence-corrected chi connectivity index (χ3v) is 2.57. The van der Waals surface area contributed by atoms with Crippen LogP contribution in [0.5, 0.6) is 0 Å². The van der Waals surface area contributed by atoms with Gasteiger partial charge in [-0.1, -0.05) is 40.8 Å². The predicted octanol–water partition coefficient (Wildman–Crippen LogP) is 3.07. The molecule has 44 valence electrons. The molecule has 0 heterocycles. The lowest BCUT2D eigenvalue weighted by molar-refractivity contribution is 1.09. The number of hydrogen-bond acceptors (Lipinski definition) is 0. The molecule has 1 aliphatic rings. The fourth-order valence-corrected chi connectivity index (χ4v) is 2.66. The molecule has 0 spiro atoms. The van der Waals surface area contributed by atoms with Crippen molar-refractivity contribution in [2.75, 3.05) is 0 Å². The molecule has 1 rings (SSSR count). The van der Waals surface area contributed by atoms with E-state index in [9.17, 15) is 0 Å². The van der Waals surface area contributed by atoms with Crippen LogP contribution < -0.4 is 0 Å². The molecule has 0 saturated carbocycles. The highest BCUT2D eigenvalue weighted by molar-refractivity contribution is 14.1. The summed E-state index contributed by atoms with van der Waals surface area (Å²) in [4.78, 5) is 0. The maximum absolute atomic E-state index is 2.44. The summed E-state index contributed by atoms with van der Waals surface area (Å²) >= 11 is 4.78. The summed E-state index contributed by atoms with van der Waals surface area (Å²) in [6.07, 6.45) is 7.86. The van der Waals surface area contributed by atoms with Gasteiger partial charge < -0.3 is 0 Å². The van der Waals surface area contributed by atoms with Crippen LogP contribution in [0.25, 0.3) is 0 Å². The van der Waals surface area contributed by atoms with E-state index >= 15 is 0 Å². The SMILES string of the molecule is IC1=CC(I)CC=C1. The minimum atomic E-state index is 0.726. The summed E-state index contributed by atoms with van der Waals surface area (Å²) in [5.41, 5.74) is 0. The molecule has 0 amide bonds.